The van der Waals surface area contributed by atoms with Crippen LogP contribution in [0.2, 0.25) is 0 Å². The molecule has 0 unspecified atom stereocenters. The SMILES string of the molecule is O=C1C[C@@H]2CC[C@@H]3CC[C@H]([C@@H]32)[C@]12C[C@@H]1CC[C@H]3CC[C@H]2[C@H]31. The summed E-state index contributed by atoms with van der Waals surface area (Å²) in [5, 5.41) is 0. The van der Waals surface area contributed by atoms with Crippen molar-refractivity contribution in [3.05, 3.63) is 0 Å². The topological polar surface area (TPSA) is 17.1 Å². The number of ketones is 1. The van der Waals surface area contributed by atoms with Crippen molar-refractivity contribution < 1.29 is 4.79 Å². The zero-order valence-corrected chi connectivity index (χ0v) is 13.1. The minimum Gasteiger partial charge on any atom is -0.299 e. The van der Waals surface area contributed by atoms with Crippen LogP contribution in [0.5, 0.6) is 0 Å². The molecule has 0 heterocycles. The molecule has 1 spiro atoms. The van der Waals surface area contributed by atoms with Gasteiger partial charge in [-0.2, -0.15) is 0 Å². The maximum absolute atomic E-state index is 13.4. The second-order valence-corrected chi connectivity index (χ2v) is 9.59. The lowest BCUT2D eigenvalue weighted by molar-refractivity contribution is -0.144. The predicted octanol–water partition coefficient (Wildman–Crippen LogP) is 4.45. The molecule has 6 saturated carbocycles. The molecule has 1 nitrogen and oxygen atoms in total. The Morgan fingerprint density at radius 3 is 1.90 bits per heavy atom. The van der Waals surface area contributed by atoms with Gasteiger partial charge >= 0.3 is 0 Å². The van der Waals surface area contributed by atoms with E-state index in [1.807, 2.05) is 0 Å². The zero-order chi connectivity index (χ0) is 13.8. The van der Waals surface area contributed by atoms with E-state index in [0.29, 0.717) is 0 Å². The summed E-state index contributed by atoms with van der Waals surface area (Å²) in [5.41, 5.74) is 0.199. The summed E-state index contributed by atoms with van der Waals surface area (Å²) >= 11 is 0. The molecule has 114 valence electrons. The first-order valence-corrected chi connectivity index (χ1v) is 9.82. The Bertz CT molecular complexity index is 510. The first-order chi connectivity index (χ1) is 10.3. The molecule has 0 aromatic rings. The van der Waals surface area contributed by atoms with Crippen molar-refractivity contribution >= 4 is 5.78 Å². The number of Topliss-reactive ketones (excluding diaryl/α,β-unsaturated/α-hetero) is 1. The Hall–Kier alpha value is -0.330. The lowest BCUT2D eigenvalue weighted by Gasteiger charge is -2.48. The molecule has 6 aliphatic carbocycles. The molecule has 0 aromatic heterocycles. The van der Waals surface area contributed by atoms with Gasteiger partial charge < -0.3 is 0 Å². The van der Waals surface area contributed by atoms with E-state index < -0.39 is 0 Å². The number of hydrogen-bond donors (Lipinski definition) is 0. The van der Waals surface area contributed by atoms with Crippen LogP contribution >= 0.6 is 0 Å². The molecule has 6 aliphatic rings. The van der Waals surface area contributed by atoms with Crippen LogP contribution in [0.3, 0.4) is 0 Å². The van der Waals surface area contributed by atoms with Crippen LogP contribution in [0.4, 0.5) is 0 Å². The van der Waals surface area contributed by atoms with Crippen LogP contribution in [0, 0.1) is 52.8 Å². The van der Waals surface area contributed by atoms with Crippen molar-refractivity contribution in [2.45, 2.75) is 64.2 Å². The number of carbonyl (C=O) groups excluding carboxylic acids is 1. The Labute approximate surface area is 128 Å². The van der Waals surface area contributed by atoms with E-state index in [1.54, 1.807) is 0 Å². The van der Waals surface area contributed by atoms with E-state index in [1.165, 1.54) is 57.8 Å². The van der Waals surface area contributed by atoms with Crippen molar-refractivity contribution in [1.82, 2.24) is 0 Å². The summed E-state index contributed by atoms with van der Waals surface area (Å²) in [6, 6.07) is 0. The Kier molecular flexibility index (Phi) is 2.18. The molecule has 0 aromatic carbocycles. The maximum Gasteiger partial charge on any atom is 0.139 e. The Morgan fingerprint density at radius 1 is 0.667 bits per heavy atom. The molecule has 0 bridgehead atoms. The van der Waals surface area contributed by atoms with Crippen LogP contribution in [0.25, 0.3) is 0 Å². The average Bonchev–Trinajstić information content (AvgIpc) is 3.22. The molecule has 0 amide bonds. The maximum atomic E-state index is 13.4. The lowest BCUT2D eigenvalue weighted by Crippen LogP contribution is -2.50. The minimum absolute atomic E-state index is 0.199. The highest BCUT2D eigenvalue weighted by Crippen LogP contribution is 2.73. The average molecular weight is 284 g/mol. The first kappa shape index (κ1) is 12.1. The van der Waals surface area contributed by atoms with E-state index in [4.69, 9.17) is 0 Å². The number of carbonyl (C=O) groups is 1. The number of rotatable bonds is 0. The third-order valence-electron chi connectivity index (χ3n) is 9.51. The normalized spacial score (nSPS) is 63.5. The molecule has 6 fully saturated rings. The van der Waals surface area contributed by atoms with E-state index >= 15 is 0 Å². The lowest BCUT2D eigenvalue weighted by atomic mass is 9.54. The zero-order valence-electron chi connectivity index (χ0n) is 13.1. The Morgan fingerprint density at radius 2 is 1.19 bits per heavy atom. The molecule has 6 rings (SSSR count). The molecule has 0 saturated heterocycles. The summed E-state index contributed by atoms with van der Waals surface area (Å²) in [5.74, 6) is 8.15. The molecule has 9 atom stereocenters. The van der Waals surface area contributed by atoms with Gasteiger partial charge in [-0.3, -0.25) is 4.79 Å². The van der Waals surface area contributed by atoms with Gasteiger partial charge in [-0.15, -0.1) is 0 Å². The second kappa shape index (κ2) is 3.77. The molecule has 0 radical (unpaired) electrons. The van der Waals surface area contributed by atoms with E-state index in [2.05, 4.69) is 0 Å². The predicted molar refractivity (Wildman–Crippen MR) is 81.5 cm³/mol. The van der Waals surface area contributed by atoms with Gasteiger partial charge in [0.15, 0.2) is 0 Å². The molecular formula is C20H28O. The first-order valence-electron chi connectivity index (χ1n) is 9.82. The third-order valence-corrected chi connectivity index (χ3v) is 9.51. The van der Waals surface area contributed by atoms with Gasteiger partial charge in [0.2, 0.25) is 0 Å². The second-order valence-electron chi connectivity index (χ2n) is 9.59. The number of hydrogen-bond acceptors (Lipinski definition) is 1. The molecule has 0 aliphatic heterocycles. The minimum atomic E-state index is 0.199. The molecule has 0 N–H and O–H groups in total. The quantitative estimate of drug-likeness (QED) is 0.642. The van der Waals surface area contributed by atoms with Crippen molar-refractivity contribution in [1.29, 1.82) is 0 Å². The standard InChI is InChI=1S/C20H28O/c21-17-9-13-3-1-11-5-7-15(18(11)13)20(17)10-14-4-2-12-6-8-16(20)19(12)14/h11-16,18-19H,1-10H2/t11-,12+,13+,14+,15-,16+,18+,19-,20+/m1/s1. The van der Waals surface area contributed by atoms with Gasteiger partial charge in [0.25, 0.3) is 0 Å². The number of fused-ring (bicyclic) bond motifs is 2. The summed E-state index contributed by atoms with van der Waals surface area (Å²) in [6.07, 6.45) is 13.9. The summed E-state index contributed by atoms with van der Waals surface area (Å²) in [4.78, 5) is 13.4. The summed E-state index contributed by atoms with van der Waals surface area (Å²) in [7, 11) is 0. The van der Waals surface area contributed by atoms with Crippen LogP contribution in [0.1, 0.15) is 64.2 Å². The van der Waals surface area contributed by atoms with E-state index in [-0.39, 0.29) is 5.41 Å². The smallest absolute Gasteiger partial charge is 0.139 e. The summed E-state index contributed by atoms with van der Waals surface area (Å²) < 4.78 is 0. The highest BCUT2D eigenvalue weighted by atomic mass is 16.1. The van der Waals surface area contributed by atoms with E-state index in [9.17, 15) is 4.79 Å². The van der Waals surface area contributed by atoms with Gasteiger partial charge in [0, 0.05) is 11.8 Å². The van der Waals surface area contributed by atoms with Gasteiger partial charge in [-0.05, 0) is 105 Å². The Balaban J connectivity index is 1.47. The van der Waals surface area contributed by atoms with Crippen molar-refractivity contribution in [3.8, 4) is 0 Å². The van der Waals surface area contributed by atoms with Crippen molar-refractivity contribution in [2.24, 2.45) is 52.8 Å². The highest BCUT2D eigenvalue weighted by Gasteiger charge is 2.69. The molecule has 1 heteroatoms. The van der Waals surface area contributed by atoms with Gasteiger partial charge in [-0.1, -0.05) is 0 Å². The van der Waals surface area contributed by atoms with Crippen LogP contribution in [0.15, 0.2) is 0 Å². The fourth-order valence-corrected chi connectivity index (χ4v) is 9.20. The third kappa shape index (κ3) is 1.23. The fourth-order valence-electron chi connectivity index (χ4n) is 9.20. The monoisotopic (exact) mass is 284 g/mol. The van der Waals surface area contributed by atoms with Gasteiger partial charge in [-0.25, -0.2) is 0 Å². The van der Waals surface area contributed by atoms with Crippen molar-refractivity contribution in [3.63, 3.8) is 0 Å². The van der Waals surface area contributed by atoms with E-state index in [0.717, 1.165) is 59.5 Å². The van der Waals surface area contributed by atoms with Crippen molar-refractivity contribution in [2.75, 3.05) is 0 Å². The largest absolute Gasteiger partial charge is 0.299 e. The molecule has 21 heavy (non-hydrogen) atoms. The summed E-state index contributed by atoms with van der Waals surface area (Å²) in [6.45, 7) is 0. The van der Waals surface area contributed by atoms with Crippen LogP contribution in [-0.4, -0.2) is 5.78 Å². The van der Waals surface area contributed by atoms with Crippen LogP contribution in [-0.2, 0) is 4.79 Å². The van der Waals surface area contributed by atoms with Gasteiger partial charge in [0.1, 0.15) is 5.78 Å². The fraction of sp³-hybridized carbons (Fsp3) is 0.950. The van der Waals surface area contributed by atoms with Gasteiger partial charge in [0.05, 0.1) is 0 Å². The van der Waals surface area contributed by atoms with Crippen LogP contribution < -0.4 is 0 Å². The highest BCUT2D eigenvalue weighted by molar-refractivity contribution is 5.87. The molecular weight excluding hydrogens is 256 g/mol.